The van der Waals surface area contributed by atoms with E-state index in [-0.39, 0.29) is 18.7 Å². The molecule has 1 saturated heterocycles. The number of aryl methyl sites for hydroxylation is 2. The summed E-state index contributed by atoms with van der Waals surface area (Å²) in [6, 6.07) is 23.3. The third-order valence-corrected chi connectivity index (χ3v) is 9.54. The van der Waals surface area contributed by atoms with Gasteiger partial charge in [0.05, 0.1) is 17.1 Å². The Kier molecular flexibility index (Phi) is 7.98. The van der Waals surface area contributed by atoms with Crippen LogP contribution in [-0.2, 0) is 14.5 Å². The Morgan fingerprint density at radius 3 is 2.36 bits per heavy atom. The number of phenols is 1. The number of hydrogen-bond donors (Lipinski definition) is 2. The predicted octanol–water partition coefficient (Wildman–Crippen LogP) is 5.38. The topological polar surface area (TPSA) is 93.1 Å². The van der Waals surface area contributed by atoms with E-state index in [9.17, 15) is 18.5 Å². The van der Waals surface area contributed by atoms with Crippen molar-refractivity contribution in [1.82, 2.24) is 0 Å². The molecule has 39 heavy (non-hydrogen) atoms. The number of fused-ring (bicyclic) bond motifs is 1. The first-order valence-corrected chi connectivity index (χ1v) is 14.9. The van der Waals surface area contributed by atoms with E-state index in [1.807, 2.05) is 86.6 Å². The highest BCUT2D eigenvalue weighted by Crippen LogP contribution is 2.40. The van der Waals surface area contributed by atoms with Crippen LogP contribution in [0.3, 0.4) is 0 Å². The number of benzene rings is 3. The lowest BCUT2D eigenvalue weighted by Gasteiger charge is -2.32. The van der Waals surface area contributed by atoms with Crippen molar-refractivity contribution >= 4 is 28.6 Å². The first-order chi connectivity index (χ1) is 18.7. The molecule has 2 atom stereocenters. The molecule has 2 aliphatic heterocycles. The van der Waals surface area contributed by atoms with E-state index in [1.54, 1.807) is 0 Å². The molecular formula is C31H33BO6S. The maximum atomic E-state index is 13.1. The highest BCUT2D eigenvalue weighted by Gasteiger charge is 2.48. The van der Waals surface area contributed by atoms with Crippen molar-refractivity contribution in [1.29, 1.82) is 0 Å². The Morgan fingerprint density at radius 1 is 1.05 bits per heavy atom. The lowest BCUT2D eigenvalue weighted by molar-refractivity contribution is 0.170. The van der Waals surface area contributed by atoms with Crippen LogP contribution in [0.1, 0.15) is 35.1 Å². The van der Waals surface area contributed by atoms with E-state index in [1.165, 1.54) is 0 Å². The van der Waals surface area contributed by atoms with Gasteiger partial charge in [-0.05, 0) is 89.9 Å². The number of phenolic OH excluding ortho intramolecular Hbond substituents is 1. The van der Waals surface area contributed by atoms with Gasteiger partial charge in [-0.2, -0.15) is 0 Å². The molecule has 6 nitrogen and oxygen atoms in total. The largest absolute Gasteiger partial charge is 0.507 e. The molecule has 2 heterocycles. The Morgan fingerprint density at radius 2 is 1.69 bits per heavy atom. The molecule has 0 aliphatic carbocycles. The van der Waals surface area contributed by atoms with Crippen LogP contribution in [0.25, 0.3) is 11.6 Å². The minimum Gasteiger partial charge on any atom is -0.507 e. The fraction of sp³-hybridized carbons (Fsp3) is 0.290. The number of aromatic hydroxyl groups is 1. The molecule has 1 fully saturated rings. The lowest BCUT2D eigenvalue weighted by Crippen LogP contribution is -2.42. The third kappa shape index (κ3) is 6.14. The summed E-state index contributed by atoms with van der Waals surface area (Å²) < 4.78 is 38.1. The van der Waals surface area contributed by atoms with Gasteiger partial charge in [-0.1, -0.05) is 54.6 Å². The highest BCUT2D eigenvalue weighted by atomic mass is 32.2. The van der Waals surface area contributed by atoms with Gasteiger partial charge in [0.15, 0.2) is 9.84 Å². The molecule has 0 saturated carbocycles. The minimum absolute atomic E-state index is 0.0381. The van der Waals surface area contributed by atoms with Crippen molar-refractivity contribution < 1.29 is 27.9 Å². The van der Waals surface area contributed by atoms with Crippen molar-refractivity contribution in [2.24, 2.45) is 0 Å². The summed E-state index contributed by atoms with van der Waals surface area (Å²) in [6.45, 7) is 3.93. The van der Waals surface area contributed by atoms with Gasteiger partial charge in [0.1, 0.15) is 18.1 Å². The molecule has 2 aliphatic rings. The van der Waals surface area contributed by atoms with Gasteiger partial charge in [-0.25, -0.2) is 8.42 Å². The number of para-hydroxylation sites is 1. The highest BCUT2D eigenvalue weighted by molar-refractivity contribution is 7.92. The zero-order chi connectivity index (χ0) is 27.6. The summed E-state index contributed by atoms with van der Waals surface area (Å²) in [5.41, 5.74) is 6.15. The molecule has 3 aromatic carbocycles. The molecule has 202 valence electrons. The van der Waals surface area contributed by atoms with Gasteiger partial charge >= 0.3 is 7.12 Å². The smallest absolute Gasteiger partial charge is 0.456 e. The van der Waals surface area contributed by atoms with Crippen LogP contribution in [-0.4, -0.2) is 49.4 Å². The molecule has 0 unspecified atom stereocenters. The zero-order valence-electron chi connectivity index (χ0n) is 22.2. The molecule has 0 spiro atoms. The van der Waals surface area contributed by atoms with Crippen LogP contribution in [0.4, 0.5) is 0 Å². The molecule has 5 rings (SSSR count). The molecule has 0 aromatic heterocycles. The summed E-state index contributed by atoms with van der Waals surface area (Å²) >= 11 is 0. The Balaban J connectivity index is 1.45. The molecular weight excluding hydrogens is 511 g/mol. The zero-order valence-corrected chi connectivity index (χ0v) is 23.0. The molecule has 0 amide bonds. The second kappa shape index (κ2) is 11.4. The summed E-state index contributed by atoms with van der Waals surface area (Å²) in [5.74, 6) is 0.886. The van der Waals surface area contributed by atoms with Crippen molar-refractivity contribution in [3.8, 4) is 11.5 Å². The number of hydrogen-bond acceptors (Lipinski definition) is 6. The molecule has 2 N–H and O–H groups in total. The Hall–Kier alpha value is -3.33. The van der Waals surface area contributed by atoms with Crippen molar-refractivity contribution in [2.75, 3.05) is 12.4 Å². The first-order valence-electron chi connectivity index (χ1n) is 13.2. The monoisotopic (exact) mass is 544 g/mol. The average Bonchev–Trinajstić information content (AvgIpc) is 3.18. The van der Waals surface area contributed by atoms with Crippen LogP contribution < -0.4 is 4.74 Å². The van der Waals surface area contributed by atoms with E-state index in [2.05, 4.69) is 6.08 Å². The van der Waals surface area contributed by atoms with Crippen LogP contribution in [0.5, 0.6) is 11.5 Å². The van der Waals surface area contributed by atoms with Gasteiger partial charge in [0.2, 0.25) is 0 Å². The molecule has 0 radical (unpaired) electrons. The van der Waals surface area contributed by atoms with Crippen LogP contribution in [0.15, 0.2) is 83.9 Å². The van der Waals surface area contributed by atoms with Gasteiger partial charge < -0.3 is 19.5 Å². The second-order valence-corrected chi connectivity index (χ2v) is 12.5. The van der Waals surface area contributed by atoms with E-state index in [0.29, 0.717) is 24.3 Å². The Labute approximate surface area is 230 Å². The van der Waals surface area contributed by atoms with E-state index in [4.69, 9.17) is 9.39 Å². The van der Waals surface area contributed by atoms with E-state index in [0.717, 1.165) is 39.0 Å². The van der Waals surface area contributed by atoms with Crippen molar-refractivity contribution in [2.45, 2.75) is 44.4 Å². The molecule has 3 aromatic rings. The SMILES string of the molecule is Cc1cc(/C=C(/CC[C@H]2OB(O)C[C@H]3C2=C(COc2ccccc2)CS3(=O)=O)c2ccccc2)cc(C)c1O. The van der Waals surface area contributed by atoms with E-state index < -0.39 is 28.3 Å². The van der Waals surface area contributed by atoms with E-state index >= 15 is 0 Å². The second-order valence-electron chi connectivity index (χ2n) is 10.3. The third-order valence-electron chi connectivity index (χ3n) is 7.48. The number of allylic oxidation sites excluding steroid dienone is 1. The maximum Gasteiger partial charge on any atom is 0.456 e. The summed E-state index contributed by atoms with van der Waals surface area (Å²) in [5, 5.41) is 19.9. The standard InChI is InChI=1S/C31H33BO6S/c1-21-15-23(16-22(2)31(21)33)17-25(24-9-5-3-6-10-24)13-14-28-30-26(19-37-27-11-7-4-8-12-27)20-39(35,36)29(30)18-32(34)38-28/h3-12,15-17,28-29,33-34H,13-14,18-20H2,1-2H3/b25-17-/t28-,29+/m1/s1. The number of ether oxygens (including phenoxy) is 1. The first kappa shape index (κ1) is 27.2. The van der Waals surface area contributed by atoms with Crippen LogP contribution in [0, 0.1) is 13.8 Å². The number of sulfone groups is 1. The van der Waals surface area contributed by atoms with Crippen molar-refractivity contribution in [3.05, 3.63) is 106 Å². The lowest BCUT2D eigenvalue weighted by atomic mass is 9.74. The average molecular weight is 544 g/mol. The summed E-state index contributed by atoms with van der Waals surface area (Å²) in [7, 11) is -4.59. The van der Waals surface area contributed by atoms with Crippen LogP contribution in [0.2, 0.25) is 6.32 Å². The normalized spacial score (nSPS) is 20.7. The fourth-order valence-corrected chi connectivity index (χ4v) is 7.71. The van der Waals surface area contributed by atoms with Crippen molar-refractivity contribution in [3.63, 3.8) is 0 Å². The fourth-order valence-electron chi connectivity index (χ4n) is 5.61. The van der Waals surface area contributed by atoms with Gasteiger partial charge in [-0.15, -0.1) is 0 Å². The van der Waals surface area contributed by atoms with Gasteiger partial charge in [-0.3, -0.25) is 0 Å². The maximum absolute atomic E-state index is 13.1. The predicted molar refractivity (Wildman–Crippen MR) is 155 cm³/mol. The van der Waals surface area contributed by atoms with Crippen LogP contribution >= 0.6 is 0 Å². The summed E-state index contributed by atoms with van der Waals surface area (Å²) in [6.07, 6.45) is 2.70. The van der Waals surface area contributed by atoms with Gasteiger partial charge in [0, 0.05) is 6.32 Å². The molecule has 0 bridgehead atoms. The van der Waals surface area contributed by atoms with Gasteiger partial charge in [0.25, 0.3) is 0 Å². The minimum atomic E-state index is -3.45. The summed E-state index contributed by atoms with van der Waals surface area (Å²) in [4.78, 5) is 0. The Bertz CT molecular complexity index is 1480. The quantitative estimate of drug-likeness (QED) is 0.225. The molecule has 8 heteroatoms. The number of rotatable bonds is 8.